The highest BCUT2D eigenvalue weighted by Crippen LogP contribution is 2.63. The SMILES string of the molecule is CCCC(C)(C)Cc1cc(COc2cc(F)c3c(c2F)C2(CC3)CC2C(=O)O)ccc1-c1cc(OC)ccc1F. The van der Waals surface area contributed by atoms with Crippen molar-refractivity contribution in [1.29, 1.82) is 0 Å². The quantitative estimate of drug-likeness (QED) is 0.277. The molecule has 212 valence electrons. The number of halogens is 3. The van der Waals surface area contributed by atoms with Crippen LogP contribution >= 0.6 is 0 Å². The minimum Gasteiger partial charge on any atom is -0.497 e. The Balaban J connectivity index is 1.47. The van der Waals surface area contributed by atoms with Gasteiger partial charge in [0.05, 0.1) is 13.0 Å². The van der Waals surface area contributed by atoms with E-state index in [2.05, 4.69) is 20.8 Å². The standard InChI is InChI=1S/C33H35F3O4/c1-5-11-32(2,3)16-20-13-19(6-8-22(20)24-14-21(39-4)7-9-26(24)34)18-40-28-15-27(35)23-10-12-33(29(23)30(28)36)17-25(33)31(37)38/h6-9,13-15,25H,5,10-12,16-18H2,1-4H3,(H,37,38). The van der Waals surface area contributed by atoms with Crippen molar-refractivity contribution in [2.45, 2.75) is 71.3 Å². The molecule has 4 nitrogen and oxygen atoms in total. The summed E-state index contributed by atoms with van der Waals surface area (Å²) in [6, 6.07) is 11.3. The van der Waals surface area contributed by atoms with Crippen LogP contribution in [-0.4, -0.2) is 18.2 Å². The molecule has 0 amide bonds. The van der Waals surface area contributed by atoms with Crippen LogP contribution in [0.5, 0.6) is 11.5 Å². The van der Waals surface area contributed by atoms with Gasteiger partial charge in [-0.25, -0.2) is 13.2 Å². The van der Waals surface area contributed by atoms with Gasteiger partial charge in [-0.05, 0) is 78.0 Å². The van der Waals surface area contributed by atoms with Crippen LogP contribution in [0, 0.1) is 28.8 Å². The number of hydrogen-bond donors (Lipinski definition) is 1. The molecule has 0 aromatic heterocycles. The Morgan fingerprint density at radius 1 is 1.07 bits per heavy atom. The van der Waals surface area contributed by atoms with Crippen molar-refractivity contribution < 1.29 is 32.5 Å². The third-order valence-electron chi connectivity index (χ3n) is 8.60. The van der Waals surface area contributed by atoms with Crippen molar-refractivity contribution in [3.8, 4) is 22.6 Å². The van der Waals surface area contributed by atoms with E-state index in [9.17, 15) is 18.7 Å². The molecule has 1 spiro atoms. The fourth-order valence-corrected chi connectivity index (χ4v) is 6.59. The summed E-state index contributed by atoms with van der Waals surface area (Å²) in [6.45, 7) is 6.45. The summed E-state index contributed by atoms with van der Waals surface area (Å²) < 4.78 is 56.8. The van der Waals surface area contributed by atoms with Crippen LogP contribution in [-0.2, 0) is 29.7 Å². The molecule has 0 aliphatic heterocycles. The lowest BCUT2D eigenvalue weighted by molar-refractivity contribution is -0.139. The van der Waals surface area contributed by atoms with Crippen molar-refractivity contribution in [3.05, 3.63) is 82.2 Å². The lowest BCUT2D eigenvalue weighted by atomic mass is 9.79. The first-order valence-corrected chi connectivity index (χ1v) is 13.8. The highest BCUT2D eigenvalue weighted by molar-refractivity contribution is 5.78. The summed E-state index contributed by atoms with van der Waals surface area (Å²) >= 11 is 0. The molecule has 1 fully saturated rings. The van der Waals surface area contributed by atoms with Gasteiger partial charge < -0.3 is 14.6 Å². The second-order valence-electron chi connectivity index (χ2n) is 12.0. The summed E-state index contributed by atoms with van der Waals surface area (Å²) in [6.07, 6.45) is 3.73. The van der Waals surface area contributed by atoms with Gasteiger partial charge in [-0.3, -0.25) is 4.79 Å². The van der Waals surface area contributed by atoms with E-state index in [4.69, 9.17) is 9.47 Å². The second-order valence-corrected chi connectivity index (χ2v) is 12.0. The average molecular weight is 553 g/mol. The highest BCUT2D eigenvalue weighted by atomic mass is 19.1. The van der Waals surface area contributed by atoms with E-state index in [1.54, 1.807) is 18.2 Å². The fourth-order valence-electron chi connectivity index (χ4n) is 6.59. The van der Waals surface area contributed by atoms with Crippen LogP contribution in [0.1, 0.15) is 68.7 Å². The third-order valence-corrected chi connectivity index (χ3v) is 8.60. The summed E-state index contributed by atoms with van der Waals surface area (Å²) in [7, 11) is 1.54. The maximum Gasteiger partial charge on any atom is 0.307 e. The zero-order chi connectivity index (χ0) is 28.8. The molecular weight excluding hydrogens is 517 g/mol. The molecule has 1 saturated carbocycles. The molecule has 7 heteroatoms. The average Bonchev–Trinajstić information content (AvgIpc) is 3.50. The number of aliphatic carboxylic acids is 1. The third kappa shape index (κ3) is 5.06. The van der Waals surface area contributed by atoms with Gasteiger partial charge in [0.15, 0.2) is 11.6 Å². The lowest BCUT2D eigenvalue weighted by Gasteiger charge is -2.26. The van der Waals surface area contributed by atoms with E-state index >= 15 is 4.39 Å². The molecule has 1 N–H and O–H groups in total. The van der Waals surface area contributed by atoms with Crippen LogP contribution in [0.3, 0.4) is 0 Å². The zero-order valence-corrected chi connectivity index (χ0v) is 23.4. The molecule has 3 aromatic carbocycles. The summed E-state index contributed by atoms with van der Waals surface area (Å²) in [5.74, 6) is -2.94. The highest BCUT2D eigenvalue weighted by Gasteiger charge is 2.63. The van der Waals surface area contributed by atoms with Gasteiger partial charge in [-0.15, -0.1) is 0 Å². The number of carboxylic acids is 1. The molecule has 0 radical (unpaired) electrons. The minimum atomic E-state index is -0.981. The number of benzene rings is 3. The Labute approximate surface area is 233 Å². The summed E-state index contributed by atoms with van der Waals surface area (Å²) in [4.78, 5) is 11.6. The first-order valence-electron chi connectivity index (χ1n) is 13.8. The molecule has 40 heavy (non-hydrogen) atoms. The number of rotatable bonds is 10. The Morgan fingerprint density at radius 3 is 2.52 bits per heavy atom. The predicted molar refractivity (Wildman–Crippen MR) is 147 cm³/mol. The number of fused-ring (bicyclic) bond motifs is 2. The Morgan fingerprint density at radius 2 is 1.85 bits per heavy atom. The van der Waals surface area contributed by atoms with Crippen molar-refractivity contribution in [3.63, 3.8) is 0 Å². The molecule has 0 heterocycles. The van der Waals surface area contributed by atoms with Crippen LogP contribution in [0.15, 0.2) is 42.5 Å². The van der Waals surface area contributed by atoms with Gasteiger partial charge in [-0.2, -0.15) is 0 Å². The number of methoxy groups -OCH3 is 1. The number of carbonyl (C=O) groups is 1. The first-order chi connectivity index (χ1) is 19.0. The van der Waals surface area contributed by atoms with E-state index in [1.165, 1.54) is 13.2 Å². The van der Waals surface area contributed by atoms with Crippen LogP contribution in [0.25, 0.3) is 11.1 Å². The normalized spacial score (nSPS) is 19.5. The van der Waals surface area contributed by atoms with Crippen LogP contribution in [0.2, 0.25) is 0 Å². The van der Waals surface area contributed by atoms with E-state index < -0.39 is 28.9 Å². The minimum absolute atomic E-state index is 0.0212. The monoisotopic (exact) mass is 552 g/mol. The van der Waals surface area contributed by atoms with Crippen molar-refractivity contribution >= 4 is 5.97 Å². The van der Waals surface area contributed by atoms with Gasteiger partial charge in [0.2, 0.25) is 0 Å². The first kappa shape index (κ1) is 28.1. The van der Waals surface area contributed by atoms with Crippen LogP contribution < -0.4 is 9.47 Å². The molecular formula is C33H35F3O4. The van der Waals surface area contributed by atoms with Gasteiger partial charge in [0.25, 0.3) is 0 Å². The molecule has 2 aliphatic carbocycles. The number of hydrogen-bond acceptors (Lipinski definition) is 3. The van der Waals surface area contributed by atoms with Gasteiger partial charge in [0, 0.05) is 22.6 Å². The lowest BCUT2D eigenvalue weighted by Crippen LogP contribution is -2.16. The van der Waals surface area contributed by atoms with E-state index in [-0.39, 0.29) is 34.7 Å². The van der Waals surface area contributed by atoms with Gasteiger partial charge in [-0.1, -0.05) is 45.4 Å². The molecule has 2 unspecified atom stereocenters. The Kier molecular flexibility index (Phi) is 7.36. The Hall–Kier alpha value is -3.48. The van der Waals surface area contributed by atoms with Gasteiger partial charge >= 0.3 is 5.97 Å². The number of ether oxygens (including phenoxy) is 2. The van der Waals surface area contributed by atoms with E-state index in [0.717, 1.165) is 35.6 Å². The molecule has 0 bridgehead atoms. The van der Waals surface area contributed by atoms with Crippen molar-refractivity contribution in [2.75, 3.05) is 7.11 Å². The summed E-state index contributed by atoms with van der Waals surface area (Å²) in [5, 5.41) is 9.50. The maximum absolute atomic E-state index is 15.7. The summed E-state index contributed by atoms with van der Waals surface area (Å²) in [5.41, 5.74) is 2.38. The second kappa shape index (κ2) is 10.5. The molecule has 0 saturated heterocycles. The van der Waals surface area contributed by atoms with Crippen molar-refractivity contribution in [1.82, 2.24) is 0 Å². The Bertz CT molecular complexity index is 1460. The van der Waals surface area contributed by atoms with E-state index in [1.807, 2.05) is 12.1 Å². The smallest absolute Gasteiger partial charge is 0.307 e. The topological polar surface area (TPSA) is 55.8 Å². The maximum atomic E-state index is 15.7. The van der Waals surface area contributed by atoms with E-state index in [0.29, 0.717) is 37.0 Å². The molecule has 2 aliphatic rings. The van der Waals surface area contributed by atoms with Crippen LogP contribution in [0.4, 0.5) is 13.2 Å². The van der Waals surface area contributed by atoms with Gasteiger partial charge in [0.1, 0.15) is 24.0 Å². The zero-order valence-electron chi connectivity index (χ0n) is 23.4. The molecule has 3 aromatic rings. The predicted octanol–water partition coefficient (Wildman–Crippen LogP) is 8.02. The molecule has 2 atom stereocenters. The molecule has 5 rings (SSSR count). The number of carboxylic acid groups (broad SMARTS) is 1. The van der Waals surface area contributed by atoms with Crippen molar-refractivity contribution in [2.24, 2.45) is 11.3 Å². The largest absolute Gasteiger partial charge is 0.497 e. The fraction of sp³-hybridized carbons (Fsp3) is 0.424.